The molecule has 0 bridgehead atoms. The van der Waals surface area contributed by atoms with E-state index in [2.05, 4.69) is 25.9 Å². The lowest BCUT2D eigenvalue weighted by molar-refractivity contribution is -0.143. The van der Waals surface area contributed by atoms with Crippen LogP contribution in [0, 0.1) is 0 Å². The largest absolute Gasteiger partial charge is 0.508 e. The maximum Gasteiger partial charge on any atom is 0.326 e. The van der Waals surface area contributed by atoms with Crippen molar-refractivity contribution < 1.29 is 34.5 Å². The highest BCUT2D eigenvalue weighted by molar-refractivity contribution is 5.94. The van der Waals surface area contributed by atoms with E-state index in [0.29, 0.717) is 37.1 Å². The number of unbranched alkanes of at least 4 members (excludes halogenated alkanes) is 1. The number of nitrogens with zero attached hydrogens (tertiary/aromatic N) is 1. The topological polar surface area (TPSA) is 246 Å². The summed E-state index contributed by atoms with van der Waals surface area (Å²) >= 11 is 0. The Labute approximate surface area is 225 Å². The number of aliphatic hydroxyl groups excluding tert-OH is 1. The first-order valence-corrected chi connectivity index (χ1v) is 12.5. The van der Waals surface area contributed by atoms with Gasteiger partial charge in [0, 0.05) is 24.7 Å². The number of phenols is 1. The van der Waals surface area contributed by atoms with E-state index in [-0.39, 0.29) is 18.6 Å². The number of carbonyl (C=O) groups is 4. The lowest BCUT2D eigenvalue weighted by Crippen LogP contribution is -2.60. The number of H-pyrrole nitrogens is 1. The maximum absolute atomic E-state index is 13.3. The highest BCUT2D eigenvalue weighted by Crippen LogP contribution is 2.12. The Hall–Kier alpha value is -4.01. The molecule has 11 N–H and O–H groups in total. The highest BCUT2D eigenvalue weighted by atomic mass is 16.4. The minimum atomic E-state index is -1.53. The molecule has 3 amide bonds. The van der Waals surface area contributed by atoms with Gasteiger partial charge in [0.15, 0.2) is 0 Å². The second-order valence-electron chi connectivity index (χ2n) is 9.23. The van der Waals surface area contributed by atoms with Gasteiger partial charge in [0.05, 0.1) is 18.5 Å². The number of phenolic OH excluding ortho intramolecular Hbond substituents is 1. The number of rotatable bonds is 16. The number of hydrogen-bond acceptors (Lipinski definition) is 9. The fourth-order valence-corrected chi connectivity index (χ4v) is 3.73. The number of carboxylic acids is 1. The first-order chi connectivity index (χ1) is 18.5. The molecular formula is C25H37N7O7. The Morgan fingerprint density at radius 1 is 0.974 bits per heavy atom. The molecule has 0 saturated carbocycles. The molecule has 14 nitrogen and oxygen atoms in total. The summed E-state index contributed by atoms with van der Waals surface area (Å²) in [5.41, 5.74) is 12.5. The van der Waals surface area contributed by atoms with Crippen LogP contribution >= 0.6 is 0 Å². The van der Waals surface area contributed by atoms with E-state index in [1.54, 1.807) is 12.1 Å². The number of carboxylic acid groups (broad SMARTS) is 1. The van der Waals surface area contributed by atoms with Crippen molar-refractivity contribution in [2.45, 2.75) is 69.3 Å². The van der Waals surface area contributed by atoms with Crippen LogP contribution in [-0.4, -0.2) is 85.8 Å². The molecule has 0 spiro atoms. The Morgan fingerprint density at radius 2 is 1.64 bits per heavy atom. The zero-order valence-electron chi connectivity index (χ0n) is 21.7. The second kappa shape index (κ2) is 15.4. The van der Waals surface area contributed by atoms with E-state index >= 15 is 0 Å². The number of aromatic hydroxyl groups is 1. The first kappa shape index (κ1) is 31.2. The normalized spacial score (nSPS) is 14.9. The Morgan fingerprint density at radius 3 is 2.21 bits per heavy atom. The van der Waals surface area contributed by atoms with Crippen molar-refractivity contribution in [3.8, 4) is 5.75 Å². The average molecular weight is 548 g/mol. The van der Waals surface area contributed by atoms with E-state index < -0.39 is 54.0 Å². The van der Waals surface area contributed by atoms with Crippen molar-refractivity contribution in [2.24, 2.45) is 11.5 Å². The van der Waals surface area contributed by atoms with E-state index in [9.17, 15) is 34.5 Å². The fraction of sp³-hybridized carbons (Fsp3) is 0.480. The third-order valence-electron chi connectivity index (χ3n) is 5.97. The van der Waals surface area contributed by atoms with Crippen molar-refractivity contribution in [1.82, 2.24) is 25.9 Å². The molecule has 0 radical (unpaired) electrons. The number of hydrogen-bond donors (Lipinski definition) is 9. The van der Waals surface area contributed by atoms with Gasteiger partial charge in [-0.05, 0) is 44.0 Å². The van der Waals surface area contributed by atoms with E-state index in [4.69, 9.17) is 11.5 Å². The standard InChI is InChI=1S/C25H37N7O7/c1-14(33)21(24(37)31-20(25(38)39)11-16-12-28-13-29-16)32-23(36)19(10-15-5-7-17(34)8-6-15)30-22(35)18(27)4-2-3-9-26/h5-8,12-14,18-21,33-34H,2-4,9-11,26-27H2,1H3,(H,28,29)(H,30,35)(H,31,37)(H,32,36)(H,38,39). The molecule has 0 aliphatic heterocycles. The quantitative estimate of drug-likeness (QED) is 0.108. The van der Waals surface area contributed by atoms with Crippen molar-refractivity contribution in [3.63, 3.8) is 0 Å². The predicted molar refractivity (Wildman–Crippen MR) is 140 cm³/mol. The van der Waals surface area contributed by atoms with Gasteiger partial charge in [0.1, 0.15) is 23.9 Å². The van der Waals surface area contributed by atoms with Crippen LogP contribution in [0.4, 0.5) is 0 Å². The first-order valence-electron chi connectivity index (χ1n) is 12.5. The zero-order chi connectivity index (χ0) is 28.9. The summed E-state index contributed by atoms with van der Waals surface area (Å²) in [4.78, 5) is 57.2. The molecule has 5 atom stereocenters. The van der Waals surface area contributed by atoms with Gasteiger partial charge < -0.3 is 47.7 Å². The second-order valence-corrected chi connectivity index (χ2v) is 9.23. The Kier molecular flexibility index (Phi) is 12.3. The molecule has 1 heterocycles. The molecular weight excluding hydrogens is 510 g/mol. The number of amides is 3. The molecule has 0 saturated heterocycles. The van der Waals surface area contributed by atoms with Crippen LogP contribution < -0.4 is 27.4 Å². The highest BCUT2D eigenvalue weighted by Gasteiger charge is 2.33. The van der Waals surface area contributed by atoms with Crippen molar-refractivity contribution >= 4 is 23.7 Å². The smallest absolute Gasteiger partial charge is 0.326 e. The number of aromatic nitrogens is 2. The lowest BCUT2D eigenvalue weighted by Gasteiger charge is -2.26. The number of carbonyl (C=O) groups excluding carboxylic acids is 3. The molecule has 0 fully saturated rings. The molecule has 0 aliphatic carbocycles. The predicted octanol–water partition coefficient (Wildman–Crippen LogP) is -1.72. The number of aliphatic hydroxyl groups is 1. The Bertz CT molecular complexity index is 1080. The third-order valence-corrected chi connectivity index (χ3v) is 5.97. The van der Waals surface area contributed by atoms with E-state index in [0.717, 1.165) is 0 Å². The average Bonchev–Trinajstić information content (AvgIpc) is 3.40. The van der Waals surface area contributed by atoms with Gasteiger partial charge in [-0.3, -0.25) is 14.4 Å². The van der Waals surface area contributed by atoms with Gasteiger partial charge in [-0.15, -0.1) is 0 Å². The summed E-state index contributed by atoms with van der Waals surface area (Å²) in [5, 5.41) is 36.7. The molecule has 1 aromatic carbocycles. The van der Waals surface area contributed by atoms with Crippen molar-refractivity contribution in [2.75, 3.05) is 6.54 Å². The molecule has 39 heavy (non-hydrogen) atoms. The molecule has 2 rings (SSSR count). The van der Waals surface area contributed by atoms with E-state index in [1.165, 1.54) is 31.6 Å². The van der Waals surface area contributed by atoms with Crippen LogP contribution in [-0.2, 0) is 32.0 Å². The summed E-state index contributed by atoms with van der Waals surface area (Å²) in [6.07, 6.45) is 2.90. The minimum Gasteiger partial charge on any atom is -0.508 e. The summed E-state index contributed by atoms with van der Waals surface area (Å²) in [5.74, 6) is -3.63. The fourth-order valence-electron chi connectivity index (χ4n) is 3.73. The number of imidazole rings is 1. The van der Waals surface area contributed by atoms with Crippen molar-refractivity contribution in [1.29, 1.82) is 0 Å². The molecule has 2 aromatic rings. The van der Waals surface area contributed by atoms with Crippen LogP contribution in [0.25, 0.3) is 0 Å². The van der Waals surface area contributed by atoms with Gasteiger partial charge in [-0.1, -0.05) is 18.6 Å². The van der Waals surface area contributed by atoms with Crippen LogP contribution in [0.15, 0.2) is 36.8 Å². The number of nitrogens with one attached hydrogen (secondary N) is 4. The van der Waals surface area contributed by atoms with Crippen LogP contribution in [0.5, 0.6) is 5.75 Å². The van der Waals surface area contributed by atoms with Gasteiger partial charge in [-0.2, -0.15) is 0 Å². The third kappa shape index (κ3) is 10.3. The molecule has 5 unspecified atom stereocenters. The lowest BCUT2D eigenvalue weighted by atomic mass is 10.0. The van der Waals surface area contributed by atoms with Crippen LogP contribution in [0.3, 0.4) is 0 Å². The maximum atomic E-state index is 13.3. The summed E-state index contributed by atoms with van der Waals surface area (Å²) in [7, 11) is 0. The van der Waals surface area contributed by atoms with Gasteiger partial charge in [0.2, 0.25) is 17.7 Å². The molecule has 214 valence electrons. The monoisotopic (exact) mass is 547 g/mol. The molecule has 1 aromatic heterocycles. The number of aliphatic carboxylic acids is 1. The molecule has 14 heteroatoms. The number of aromatic amines is 1. The van der Waals surface area contributed by atoms with Crippen LogP contribution in [0.1, 0.15) is 37.4 Å². The van der Waals surface area contributed by atoms with Crippen LogP contribution in [0.2, 0.25) is 0 Å². The van der Waals surface area contributed by atoms with Gasteiger partial charge >= 0.3 is 5.97 Å². The SMILES string of the molecule is CC(O)C(NC(=O)C(Cc1ccc(O)cc1)NC(=O)C(N)CCCCN)C(=O)NC(Cc1cnc[nH]1)C(=O)O. The Balaban J connectivity index is 2.17. The molecule has 0 aliphatic rings. The summed E-state index contributed by atoms with van der Waals surface area (Å²) < 4.78 is 0. The number of benzene rings is 1. The van der Waals surface area contributed by atoms with Crippen molar-refractivity contribution in [3.05, 3.63) is 48.0 Å². The summed E-state index contributed by atoms with van der Waals surface area (Å²) in [6.45, 7) is 1.71. The zero-order valence-corrected chi connectivity index (χ0v) is 21.7. The van der Waals surface area contributed by atoms with Gasteiger partial charge in [-0.25, -0.2) is 9.78 Å². The van der Waals surface area contributed by atoms with Gasteiger partial charge in [0.25, 0.3) is 0 Å². The summed E-state index contributed by atoms with van der Waals surface area (Å²) in [6, 6.07) is 0.973. The number of nitrogens with two attached hydrogens (primary N) is 2. The minimum absolute atomic E-state index is 0.0136. The van der Waals surface area contributed by atoms with E-state index in [1.807, 2.05) is 0 Å².